The highest BCUT2D eigenvalue weighted by Crippen LogP contribution is 2.40. The molecule has 0 spiro atoms. The second kappa shape index (κ2) is 7.39. The van der Waals surface area contributed by atoms with Gasteiger partial charge in [-0.1, -0.05) is 48.5 Å². The fourth-order valence-corrected chi connectivity index (χ4v) is 4.69. The smallest absolute Gasteiger partial charge is 0.295 e. The predicted molar refractivity (Wildman–Crippen MR) is 113 cm³/mol. The zero-order chi connectivity index (χ0) is 22.4. The Morgan fingerprint density at radius 1 is 0.581 bits per heavy atom. The summed E-state index contributed by atoms with van der Waals surface area (Å²) in [5, 5.41) is 19.3. The third kappa shape index (κ3) is 3.86. The van der Waals surface area contributed by atoms with E-state index in [2.05, 4.69) is 10.2 Å². The summed E-state index contributed by atoms with van der Waals surface area (Å²) in [4.78, 5) is -0.745. The topological polar surface area (TPSA) is 154 Å². The number of hydrogen-bond acceptors (Lipinski definition) is 7. The standard InChI is InChI=1S/C20H14N2O7S2/c23-20-15-8-4-3-7-14(15)19(31(27,28)29)11-17(20)22-21-16-9-10-18(30(24,25)26)13-6-2-1-5-12(13)16/h1-11,23H,(H,24,25,26)(H,27,28,29). The van der Waals surface area contributed by atoms with E-state index >= 15 is 0 Å². The second-order valence-corrected chi connectivity index (χ2v) is 9.35. The number of phenols is 1. The van der Waals surface area contributed by atoms with Crippen molar-refractivity contribution in [3.63, 3.8) is 0 Å². The number of benzene rings is 4. The van der Waals surface area contributed by atoms with Gasteiger partial charge < -0.3 is 5.11 Å². The minimum atomic E-state index is -4.62. The molecule has 0 bridgehead atoms. The molecule has 0 saturated carbocycles. The average Bonchev–Trinajstić information content (AvgIpc) is 2.71. The van der Waals surface area contributed by atoms with E-state index in [0.29, 0.717) is 5.39 Å². The molecule has 158 valence electrons. The van der Waals surface area contributed by atoms with Crippen molar-refractivity contribution in [1.29, 1.82) is 0 Å². The molecule has 4 rings (SSSR count). The zero-order valence-electron chi connectivity index (χ0n) is 15.5. The summed E-state index contributed by atoms with van der Waals surface area (Å²) >= 11 is 0. The number of fused-ring (bicyclic) bond motifs is 2. The molecule has 0 aliphatic heterocycles. The monoisotopic (exact) mass is 458 g/mol. The number of rotatable bonds is 4. The van der Waals surface area contributed by atoms with E-state index in [1.54, 1.807) is 30.3 Å². The molecular weight excluding hydrogens is 444 g/mol. The van der Waals surface area contributed by atoms with Crippen molar-refractivity contribution in [2.24, 2.45) is 10.2 Å². The maximum Gasteiger partial charge on any atom is 0.295 e. The number of hydrogen-bond donors (Lipinski definition) is 3. The van der Waals surface area contributed by atoms with Crippen molar-refractivity contribution in [1.82, 2.24) is 0 Å². The molecule has 0 heterocycles. The molecule has 0 saturated heterocycles. The van der Waals surface area contributed by atoms with E-state index in [-0.39, 0.29) is 38.2 Å². The Morgan fingerprint density at radius 3 is 1.65 bits per heavy atom. The van der Waals surface area contributed by atoms with Crippen LogP contribution in [0.4, 0.5) is 11.4 Å². The summed E-state index contributed by atoms with van der Waals surface area (Å²) in [5.41, 5.74) is -0.00164. The van der Waals surface area contributed by atoms with Crippen LogP contribution in [-0.4, -0.2) is 31.0 Å². The first-order chi connectivity index (χ1) is 14.6. The van der Waals surface area contributed by atoms with Crippen molar-refractivity contribution in [2.45, 2.75) is 9.79 Å². The van der Waals surface area contributed by atoms with Crippen molar-refractivity contribution in [2.75, 3.05) is 0 Å². The van der Waals surface area contributed by atoms with Gasteiger partial charge in [0.25, 0.3) is 20.2 Å². The van der Waals surface area contributed by atoms with E-state index in [1.165, 1.54) is 24.3 Å². The number of azo groups is 1. The molecule has 31 heavy (non-hydrogen) atoms. The zero-order valence-corrected chi connectivity index (χ0v) is 17.2. The minimum Gasteiger partial charge on any atom is -0.505 e. The number of aromatic hydroxyl groups is 1. The molecule has 0 aromatic heterocycles. The van der Waals surface area contributed by atoms with Crippen LogP contribution >= 0.6 is 0 Å². The Balaban J connectivity index is 1.93. The van der Waals surface area contributed by atoms with Gasteiger partial charge in [0.1, 0.15) is 15.5 Å². The second-order valence-electron chi connectivity index (χ2n) is 6.57. The van der Waals surface area contributed by atoms with Crippen LogP contribution < -0.4 is 0 Å². The van der Waals surface area contributed by atoms with Crippen molar-refractivity contribution >= 4 is 53.2 Å². The lowest BCUT2D eigenvalue weighted by molar-refractivity contribution is 0.479. The van der Waals surface area contributed by atoms with Crippen molar-refractivity contribution in [3.8, 4) is 5.75 Å². The number of nitrogens with zero attached hydrogens (tertiary/aromatic N) is 2. The molecule has 0 aliphatic carbocycles. The fourth-order valence-electron chi connectivity index (χ4n) is 3.28. The SMILES string of the molecule is O=S(=O)(O)c1ccc(N=Nc2cc(S(=O)(=O)O)c3ccccc3c2O)c2ccccc12. The van der Waals surface area contributed by atoms with Crippen LogP contribution in [0, 0.1) is 0 Å². The molecule has 0 radical (unpaired) electrons. The summed E-state index contributed by atoms with van der Waals surface area (Å²) < 4.78 is 65.9. The molecule has 4 aromatic carbocycles. The van der Waals surface area contributed by atoms with Gasteiger partial charge in [0.2, 0.25) is 0 Å². The van der Waals surface area contributed by atoms with Crippen molar-refractivity contribution in [3.05, 3.63) is 66.7 Å². The van der Waals surface area contributed by atoms with Gasteiger partial charge in [-0.3, -0.25) is 9.11 Å². The third-order valence-corrected chi connectivity index (χ3v) is 6.45. The Kier molecular flexibility index (Phi) is 4.98. The van der Waals surface area contributed by atoms with Crippen LogP contribution in [0.5, 0.6) is 5.75 Å². The molecule has 11 heteroatoms. The Labute approximate surface area is 176 Å². The van der Waals surface area contributed by atoms with E-state index in [1.807, 2.05) is 0 Å². The van der Waals surface area contributed by atoms with E-state index < -0.39 is 25.1 Å². The third-order valence-electron chi connectivity index (χ3n) is 4.64. The molecule has 9 nitrogen and oxygen atoms in total. The van der Waals surface area contributed by atoms with Gasteiger partial charge in [-0.2, -0.15) is 16.8 Å². The molecule has 0 amide bonds. The minimum absolute atomic E-state index is 0.115. The molecular formula is C20H14N2O7S2. The fraction of sp³-hybridized carbons (Fsp3) is 0. The van der Waals surface area contributed by atoms with Gasteiger partial charge in [-0.15, -0.1) is 10.2 Å². The Hall–Kier alpha value is -3.38. The van der Waals surface area contributed by atoms with Gasteiger partial charge in [0.05, 0.1) is 5.69 Å². The highest BCUT2D eigenvalue weighted by molar-refractivity contribution is 7.86. The van der Waals surface area contributed by atoms with Crippen molar-refractivity contribution < 1.29 is 31.0 Å². The van der Waals surface area contributed by atoms with Gasteiger partial charge in [-0.05, 0) is 18.2 Å². The van der Waals surface area contributed by atoms with Gasteiger partial charge in [0.15, 0.2) is 5.75 Å². The highest BCUT2D eigenvalue weighted by atomic mass is 32.2. The Bertz CT molecular complexity index is 1600. The summed E-state index contributed by atoms with van der Waals surface area (Å²) in [5.74, 6) is -0.342. The van der Waals surface area contributed by atoms with Gasteiger partial charge >= 0.3 is 0 Å². The first-order valence-corrected chi connectivity index (χ1v) is 11.6. The number of phenolic OH excluding ortho intramolecular Hbond substituents is 1. The van der Waals surface area contributed by atoms with E-state index in [9.17, 15) is 31.0 Å². The van der Waals surface area contributed by atoms with Crippen LogP contribution in [0.2, 0.25) is 0 Å². The highest BCUT2D eigenvalue weighted by Gasteiger charge is 2.20. The quantitative estimate of drug-likeness (QED) is 0.298. The first kappa shape index (κ1) is 20.9. The molecule has 0 fully saturated rings. The summed E-state index contributed by atoms with van der Waals surface area (Å²) in [6.45, 7) is 0. The van der Waals surface area contributed by atoms with Crippen LogP contribution in [0.3, 0.4) is 0 Å². The summed E-state index contributed by atoms with van der Waals surface area (Å²) in [7, 11) is -9.09. The normalized spacial score (nSPS) is 12.7. The molecule has 3 N–H and O–H groups in total. The average molecular weight is 458 g/mol. The lowest BCUT2D eigenvalue weighted by Crippen LogP contribution is -1.99. The van der Waals surface area contributed by atoms with E-state index in [4.69, 9.17) is 0 Å². The van der Waals surface area contributed by atoms with Gasteiger partial charge in [0, 0.05) is 21.5 Å². The van der Waals surface area contributed by atoms with E-state index in [0.717, 1.165) is 12.1 Å². The first-order valence-electron chi connectivity index (χ1n) is 8.70. The maximum atomic E-state index is 11.8. The Morgan fingerprint density at radius 2 is 1.06 bits per heavy atom. The van der Waals surface area contributed by atoms with Gasteiger partial charge in [-0.25, -0.2) is 0 Å². The molecule has 0 aliphatic rings. The lowest BCUT2D eigenvalue weighted by Gasteiger charge is -2.09. The summed E-state index contributed by atoms with van der Waals surface area (Å²) in [6.07, 6.45) is 0. The van der Waals surface area contributed by atoms with Crippen LogP contribution in [-0.2, 0) is 20.2 Å². The largest absolute Gasteiger partial charge is 0.505 e. The van der Waals surface area contributed by atoms with Crippen LogP contribution in [0.15, 0.2) is 86.7 Å². The van der Waals surface area contributed by atoms with Crippen LogP contribution in [0.1, 0.15) is 0 Å². The lowest BCUT2D eigenvalue weighted by atomic mass is 10.1. The molecule has 4 aromatic rings. The molecule has 0 atom stereocenters. The summed E-state index contributed by atoms with van der Waals surface area (Å²) in [6, 6.07) is 15.8. The predicted octanol–water partition coefficient (Wildman–Crippen LogP) is 4.61. The maximum absolute atomic E-state index is 11.8. The molecule has 0 unspecified atom stereocenters. The van der Waals surface area contributed by atoms with Crippen LogP contribution in [0.25, 0.3) is 21.5 Å².